The number of aliphatic hydroxyl groups is 1. The molecule has 0 fully saturated rings. The van der Waals surface area contributed by atoms with Crippen LogP contribution in [-0.2, 0) is 4.79 Å². The molecule has 1 aliphatic carbocycles. The largest absolute Gasteiger partial charge is 0.367 e. The van der Waals surface area contributed by atoms with Gasteiger partial charge in [0.25, 0.3) is 5.91 Å². The first-order valence-electron chi connectivity index (χ1n) is 7.09. The minimum Gasteiger partial charge on any atom is -0.367 e. The van der Waals surface area contributed by atoms with Gasteiger partial charge in [0.15, 0.2) is 5.72 Å². The van der Waals surface area contributed by atoms with E-state index >= 15 is 0 Å². The van der Waals surface area contributed by atoms with E-state index < -0.39 is 5.72 Å². The van der Waals surface area contributed by atoms with Crippen molar-refractivity contribution in [3.63, 3.8) is 0 Å². The summed E-state index contributed by atoms with van der Waals surface area (Å²) in [6.07, 6.45) is 9.21. The number of carbonyl (C=O) groups excluding carboxylic acids is 1. The fourth-order valence-corrected chi connectivity index (χ4v) is 2.98. The van der Waals surface area contributed by atoms with Gasteiger partial charge in [-0.15, -0.1) is 0 Å². The zero-order valence-corrected chi connectivity index (χ0v) is 11.4. The van der Waals surface area contributed by atoms with Gasteiger partial charge in [0, 0.05) is 12.1 Å². The molecule has 100 valence electrons. The summed E-state index contributed by atoms with van der Waals surface area (Å²) in [6, 6.07) is 0. The highest BCUT2D eigenvalue weighted by molar-refractivity contribution is 6.01. The van der Waals surface area contributed by atoms with Gasteiger partial charge in [-0.3, -0.25) is 4.79 Å². The van der Waals surface area contributed by atoms with Gasteiger partial charge in [-0.05, 0) is 37.7 Å². The summed E-state index contributed by atoms with van der Waals surface area (Å²) in [5.41, 5.74) is 0.689. The molecule has 2 rings (SSSR count). The number of rotatable bonds is 5. The van der Waals surface area contributed by atoms with E-state index in [1.807, 2.05) is 19.1 Å². The predicted octanol–water partition coefficient (Wildman–Crippen LogP) is 2.76. The van der Waals surface area contributed by atoms with Crippen LogP contribution in [0.5, 0.6) is 0 Å². The second kappa shape index (κ2) is 5.27. The predicted molar refractivity (Wildman–Crippen MR) is 71.9 cm³/mol. The van der Waals surface area contributed by atoms with E-state index in [4.69, 9.17) is 0 Å². The SMILES string of the molecule is CCCCC1(O)C2=C(C=CCC2)C(=O)N1CCC. The summed E-state index contributed by atoms with van der Waals surface area (Å²) in [6.45, 7) is 4.79. The Balaban J connectivity index is 2.34. The number of nitrogens with zero attached hydrogens (tertiary/aromatic N) is 1. The van der Waals surface area contributed by atoms with Crippen LogP contribution in [0.2, 0.25) is 0 Å². The quantitative estimate of drug-likeness (QED) is 0.814. The Morgan fingerprint density at radius 2 is 2.17 bits per heavy atom. The van der Waals surface area contributed by atoms with Crippen molar-refractivity contribution >= 4 is 5.91 Å². The summed E-state index contributed by atoms with van der Waals surface area (Å²) in [7, 11) is 0. The fourth-order valence-electron chi connectivity index (χ4n) is 2.98. The van der Waals surface area contributed by atoms with E-state index in [1.54, 1.807) is 4.90 Å². The lowest BCUT2D eigenvalue weighted by molar-refractivity contribution is -0.144. The number of amides is 1. The summed E-state index contributed by atoms with van der Waals surface area (Å²) < 4.78 is 0. The third-order valence-electron chi connectivity index (χ3n) is 3.90. The van der Waals surface area contributed by atoms with Crippen molar-refractivity contribution in [3.05, 3.63) is 23.3 Å². The zero-order chi connectivity index (χ0) is 13.2. The van der Waals surface area contributed by atoms with Crippen LogP contribution < -0.4 is 0 Å². The smallest absolute Gasteiger partial charge is 0.256 e. The number of carbonyl (C=O) groups is 1. The highest BCUT2D eigenvalue weighted by Crippen LogP contribution is 2.42. The van der Waals surface area contributed by atoms with Gasteiger partial charge in [0.2, 0.25) is 0 Å². The maximum atomic E-state index is 12.4. The van der Waals surface area contributed by atoms with Crippen LogP contribution >= 0.6 is 0 Å². The van der Waals surface area contributed by atoms with Gasteiger partial charge in [0.1, 0.15) is 0 Å². The van der Waals surface area contributed by atoms with Crippen LogP contribution in [0.15, 0.2) is 23.3 Å². The molecule has 3 nitrogen and oxygen atoms in total. The van der Waals surface area contributed by atoms with Crippen LogP contribution in [0, 0.1) is 0 Å². The summed E-state index contributed by atoms with van der Waals surface area (Å²) in [5.74, 6) is 0.0152. The average molecular weight is 249 g/mol. The van der Waals surface area contributed by atoms with Gasteiger partial charge in [-0.25, -0.2) is 0 Å². The second-order valence-electron chi connectivity index (χ2n) is 5.21. The maximum Gasteiger partial charge on any atom is 0.256 e. The van der Waals surface area contributed by atoms with Crippen molar-refractivity contribution in [2.24, 2.45) is 0 Å². The lowest BCUT2D eigenvalue weighted by Crippen LogP contribution is -2.48. The molecule has 0 aromatic carbocycles. The van der Waals surface area contributed by atoms with Gasteiger partial charge in [0.05, 0.1) is 0 Å². The van der Waals surface area contributed by atoms with E-state index in [1.165, 1.54) is 0 Å². The second-order valence-corrected chi connectivity index (χ2v) is 5.21. The Hall–Kier alpha value is -1.09. The maximum absolute atomic E-state index is 12.4. The van der Waals surface area contributed by atoms with Crippen LogP contribution in [0.1, 0.15) is 52.4 Å². The van der Waals surface area contributed by atoms with Gasteiger partial charge in [-0.1, -0.05) is 32.4 Å². The van der Waals surface area contributed by atoms with Crippen LogP contribution in [0.4, 0.5) is 0 Å². The molecular formula is C15H23NO2. The Labute approximate surface area is 109 Å². The molecule has 18 heavy (non-hydrogen) atoms. The first-order valence-corrected chi connectivity index (χ1v) is 7.09. The molecule has 2 aliphatic rings. The molecule has 0 aromatic heterocycles. The highest BCUT2D eigenvalue weighted by atomic mass is 16.3. The third-order valence-corrected chi connectivity index (χ3v) is 3.90. The van der Waals surface area contributed by atoms with E-state index in [2.05, 4.69) is 6.92 Å². The molecule has 1 atom stereocenters. The van der Waals surface area contributed by atoms with Crippen molar-refractivity contribution in [2.45, 2.75) is 58.1 Å². The van der Waals surface area contributed by atoms with Crippen molar-refractivity contribution < 1.29 is 9.90 Å². The molecule has 0 spiro atoms. The Bertz CT molecular complexity index is 397. The molecule has 0 bridgehead atoms. The fraction of sp³-hybridized carbons (Fsp3) is 0.667. The topological polar surface area (TPSA) is 40.5 Å². The zero-order valence-electron chi connectivity index (χ0n) is 11.4. The molecule has 0 saturated carbocycles. The Morgan fingerprint density at radius 3 is 2.83 bits per heavy atom. The first kappa shape index (κ1) is 13.3. The van der Waals surface area contributed by atoms with Gasteiger partial charge < -0.3 is 10.0 Å². The molecule has 0 saturated heterocycles. The number of unbranched alkanes of at least 4 members (excludes halogenated alkanes) is 1. The normalized spacial score (nSPS) is 27.1. The summed E-state index contributed by atoms with van der Waals surface area (Å²) in [4.78, 5) is 14.0. The molecule has 1 N–H and O–H groups in total. The van der Waals surface area contributed by atoms with Crippen LogP contribution in [0.25, 0.3) is 0 Å². The number of hydrogen-bond acceptors (Lipinski definition) is 2. The molecular weight excluding hydrogens is 226 g/mol. The molecule has 0 aromatic rings. The van der Waals surface area contributed by atoms with Gasteiger partial charge in [-0.2, -0.15) is 0 Å². The van der Waals surface area contributed by atoms with Crippen molar-refractivity contribution in [1.29, 1.82) is 0 Å². The first-order chi connectivity index (χ1) is 8.65. The average Bonchev–Trinajstić information content (AvgIpc) is 2.60. The molecule has 1 heterocycles. The Morgan fingerprint density at radius 1 is 1.39 bits per heavy atom. The summed E-state index contributed by atoms with van der Waals surface area (Å²) >= 11 is 0. The van der Waals surface area contributed by atoms with E-state index in [0.717, 1.165) is 43.3 Å². The van der Waals surface area contributed by atoms with Crippen molar-refractivity contribution in [3.8, 4) is 0 Å². The van der Waals surface area contributed by atoms with Crippen molar-refractivity contribution in [2.75, 3.05) is 6.54 Å². The summed E-state index contributed by atoms with van der Waals surface area (Å²) in [5, 5.41) is 11.0. The molecule has 3 heteroatoms. The number of allylic oxidation sites excluding steroid dienone is 1. The van der Waals surface area contributed by atoms with Gasteiger partial charge >= 0.3 is 0 Å². The minimum absolute atomic E-state index is 0.0152. The monoisotopic (exact) mass is 249 g/mol. The van der Waals surface area contributed by atoms with Crippen LogP contribution in [0.3, 0.4) is 0 Å². The minimum atomic E-state index is -1.01. The molecule has 1 aliphatic heterocycles. The lowest BCUT2D eigenvalue weighted by Gasteiger charge is -2.36. The molecule has 0 radical (unpaired) electrons. The molecule has 1 amide bonds. The number of hydrogen-bond donors (Lipinski definition) is 1. The van der Waals surface area contributed by atoms with Crippen LogP contribution in [-0.4, -0.2) is 28.2 Å². The highest BCUT2D eigenvalue weighted by Gasteiger charge is 2.48. The van der Waals surface area contributed by atoms with E-state index in [0.29, 0.717) is 13.0 Å². The standard InChI is InChI=1S/C15H23NO2/c1-3-5-10-15(18)13-9-7-6-8-12(13)14(17)16(15)11-4-2/h6,8,18H,3-5,7,9-11H2,1-2H3. The third kappa shape index (κ3) is 2.01. The lowest BCUT2D eigenvalue weighted by atomic mass is 9.89. The molecule has 1 unspecified atom stereocenters. The van der Waals surface area contributed by atoms with E-state index in [-0.39, 0.29) is 5.91 Å². The van der Waals surface area contributed by atoms with E-state index in [9.17, 15) is 9.90 Å². The van der Waals surface area contributed by atoms with Crippen molar-refractivity contribution in [1.82, 2.24) is 4.90 Å². The Kier molecular flexibility index (Phi) is 3.91.